The Labute approximate surface area is 92.7 Å². The molecule has 0 fully saturated rings. The molecule has 4 nitrogen and oxygen atoms in total. The molecule has 1 aromatic rings. The van der Waals surface area contributed by atoms with Crippen LogP contribution in [0.3, 0.4) is 0 Å². The zero-order valence-corrected chi connectivity index (χ0v) is 9.45. The molecule has 0 saturated heterocycles. The van der Waals surface area contributed by atoms with E-state index in [1.807, 2.05) is 25.3 Å². The predicted octanol–water partition coefficient (Wildman–Crippen LogP) is 2.30. The number of hydrogen-bond acceptors (Lipinski definition) is 5. The Morgan fingerprint density at radius 3 is 2.93 bits per heavy atom. The summed E-state index contributed by atoms with van der Waals surface area (Å²) in [6, 6.07) is 3.80. The summed E-state index contributed by atoms with van der Waals surface area (Å²) in [6.07, 6.45) is 4.50. The number of nitrogens with zero attached hydrogens (tertiary/aromatic N) is 2. The van der Waals surface area contributed by atoms with E-state index < -0.39 is 0 Å². The Bertz CT molecular complexity index is 364. The molecular weight excluding hydrogens is 212 g/mol. The highest BCUT2D eigenvalue weighted by molar-refractivity contribution is 7.98. The van der Waals surface area contributed by atoms with Crippen LogP contribution in [0.1, 0.15) is 13.3 Å². The van der Waals surface area contributed by atoms with Crippen molar-refractivity contribution in [2.45, 2.75) is 24.5 Å². The molecule has 0 N–H and O–H groups in total. The molecule has 1 aliphatic rings. The highest BCUT2D eigenvalue weighted by Crippen LogP contribution is 2.18. The van der Waals surface area contributed by atoms with Gasteiger partial charge in [0.25, 0.3) is 0 Å². The van der Waals surface area contributed by atoms with Crippen molar-refractivity contribution in [1.29, 1.82) is 0 Å². The number of rotatable bonds is 2. The number of thioether (sulfide) groups is 1. The topological polar surface area (TPSA) is 43.7 Å². The zero-order chi connectivity index (χ0) is 10.7. The van der Waals surface area contributed by atoms with Crippen LogP contribution < -0.4 is 4.74 Å². The van der Waals surface area contributed by atoms with Gasteiger partial charge in [-0.2, -0.15) is 0 Å². The van der Waals surface area contributed by atoms with Crippen LogP contribution >= 0.6 is 11.8 Å². The van der Waals surface area contributed by atoms with Crippen molar-refractivity contribution < 1.29 is 9.57 Å². The zero-order valence-electron chi connectivity index (χ0n) is 8.64. The minimum atomic E-state index is 0.110. The first kappa shape index (κ1) is 10.3. The van der Waals surface area contributed by atoms with Gasteiger partial charge in [0.2, 0.25) is 5.90 Å². The van der Waals surface area contributed by atoms with Crippen molar-refractivity contribution in [1.82, 2.24) is 4.98 Å². The molecular formula is C10H12N2O2S. The van der Waals surface area contributed by atoms with Crippen LogP contribution in [0.25, 0.3) is 0 Å². The Hall–Kier alpha value is -1.23. The standard InChI is InChI=1S/C10H12N2O2S/c1-7-5-9(12-14-7)13-8-3-4-10(15-2)11-6-8/h3-4,6-7H,5H2,1-2H3. The van der Waals surface area contributed by atoms with E-state index in [1.54, 1.807) is 18.0 Å². The van der Waals surface area contributed by atoms with E-state index in [4.69, 9.17) is 9.57 Å². The molecule has 0 bridgehead atoms. The van der Waals surface area contributed by atoms with Crippen molar-refractivity contribution in [3.05, 3.63) is 18.3 Å². The Kier molecular flexibility index (Phi) is 3.11. The molecule has 1 aliphatic heterocycles. The molecule has 80 valence electrons. The van der Waals surface area contributed by atoms with E-state index in [9.17, 15) is 0 Å². The average Bonchev–Trinajstić information content (AvgIpc) is 2.65. The van der Waals surface area contributed by atoms with Gasteiger partial charge in [0.05, 0.1) is 17.6 Å². The molecule has 0 spiro atoms. The summed E-state index contributed by atoms with van der Waals surface area (Å²) in [5.74, 6) is 1.31. The quantitative estimate of drug-likeness (QED) is 0.723. The van der Waals surface area contributed by atoms with Crippen molar-refractivity contribution in [3.63, 3.8) is 0 Å². The molecule has 0 radical (unpaired) electrons. The number of hydrogen-bond donors (Lipinski definition) is 0. The van der Waals surface area contributed by atoms with E-state index >= 15 is 0 Å². The van der Waals surface area contributed by atoms with Gasteiger partial charge >= 0.3 is 0 Å². The van der Waals surface area contributed by atoms with Crippen LogP contribution in [0.5, 0.6) is 5.75 Å². The summed E-state index contributed by atoms with van der Waals surface area (Å²) in [4.78, 5) is 9.22. The third-order valence-corrected chi connectivity index (χ3v) is 2.61. The SMILES string of the molecule is CSc1ccc(OC2=NOC(C)C2)cn1. The lowest BCUT2D eigenvalue weighted by molar-refractivity contribution is 0.0992. The fourth-order valence-electron chi connectivity index (χ4n) is 1.21. The molecule has 0 aliphatic carbocycles. The largest absolute Gasteiger partial charge is 0.438 e. The normalized spacial score (nSPS) is 19.6. The number of oxime groups is 1. The molecule has 0 saturated carbocycles. The second kappa shape index (κ2) is 4.53. The van der Waals surface area contributed by atoms with Gasteiger partial charge in [-0.25, -0.2) is 4.98 Å². The Morgan fingerprint density at radius 1 is 1.53 bits per heavy atom. The van der Waals surface area contributed by atoms with Gasteiger partial charge in [-0.1, -0.05) is 5.16 Å². The van der Waals surface area contributed by atoms with Gasteiger partial charge in [-0.3, -0.25) is 0 Å². The maximum absolute atomic E-state index is 5.50. The van der Waals surface area contributed by atoms with Crippen molar-refractivity contribution in [2.24, 2.45) is 5.16 Å². The fraction of sp³-hybridized carbons (Fsp3) is 0.400. The highest BCUT2D eigenvalue weighted by Gasteiger charge is 2.17. The third-order valence-electron chi connectivity index (χ3n) is 1.95. The molecule has 1 atom stereocenters. The van der Waals surface area contributed by atoms with Gasteiger partial charge in [-0.05, 0) is 25.3 Å². The minimum Gasteiger partial charge on any atom is -0.438 e. The molecule has 5 heteroatoms. The van der Waals surface area contributed by atoms with Crippen LogP contribution in [-0.2, 0) is 4.84 Å². The first-order valence-corrected chi connectivity index (χ1v) is 5.91. The Morgan fingerprint density at radius 2 is 2.40 bits per heavy atom. The fourth-order valence-corrected chi connectivity index (χ4v) is 1.58. The molecule has 1 aromatic heterocycles. The van der Waals surface area contributed by atoms with E-state index in [-0.39, 0.29) is 6.10 Å². The van der Waals surface area contributed by atoms with Crippen LogP contribution in [0.2, 0.25) is 0 Å². The number of ether oxygens (including phenoxy) is 1. The molecule has 1 unspecified atom stereocenters. The van der Waals surface area contributed by atoms with Gasteiger partial charge in [-0.15, -0.1) is 11.8 Å². The van der Waals surface area contributed by atoms with Crippen LogP contribution in [0, 0.1) is 0 Å². The van der Waals surface area contributed by atoms with Crippen LogP contribution in [-0.4, -0.2) is 23.2 Å². The number of aromatic nitrogens is 1. The molecule has 15 heavy (non-hydrogen) atoms. The Balaban J connectivity index is 1.99. The van der Waals surface area contributed by atoms with Gasteiger partial charge in [0.15, 0.2) is 0 Å². The predicted molar refractivity (Wildman–Crippen MR) is 59.2 cm³/mol. The molecule has 0 aromatic carbocycles. The lowest BCUT2D eigenvalue weighted by Gasteiger charge is -2.03. The summed E-state index contributed by atoms with van der Waals surface area (Å²) < 4.78 is 5.50. The van der Waals surface area contributed by atoms with E-state index in [0.717, 1.165) is 5.03 Å². The lowest BCUT2D eigenvalue weighted by Crippen LogP contribution is -2.08. The summed E-state index contributed by atoms with van der Waals surface area (Å²) >= 11 is 1.60. The summed E-state index contributed by atoms with van der Waals surface area (Å²) in [5, 5.41) is 4.79. The van der Waals surface area contributed by atoms with E-state index in [1.165, 1.54) is 0 Å². The number of pyridine rings is 1. The monoisotopic (exact) mass is 224 g/mol. The summed E-state index contributed by atoms with van der Waals surface area (Å²) in [7, 11) is 0. The van der Waals surface area contributed by atoms with E-state index in [2.05, 4.69) is 10.1 Å². The van der Waals surface area contributed by atoms with Gasteiger partial charge in [0, 0.05) is 0 Å². The first-order valence-electron chi connectivity index (χ1n) is 4.68. The van der Waals surface area contributed by atoms with Crippen LogP contribution in [0.15, 0.2) is 28.5 Å². The molecule has 0 amide bonds. The molecule has 2 heterocycles. The first-order chi connectivity index (χ1) is 7.28. The van der Waals surface area contributed by atoms with E-state index in [0.29, 0.717) is 18.1 Å². The maximum atomic E-state index is 5.50. The molecule has 2 rings (SSSR count). The minimum absolute atomic E-state index is 0.110. The van der Waals surface area contributed by atoms with Gasteiger partial charge in [0.1, 0.15) is 11.9 Å². The summed E-state index contributed by atoms with van der Waals surface area (Å²) in [5.41, 5.74) is 0. The third kappa shape index (κ3) is 2.62. The second-order valence-electron chi connectivity index (χ2n) is 3.24. The smallest absolute Gasteiger partial charge is 0.235 e. The van der Waals surface area contributed by atoms with Gasteiger partial charge < -0.3 is 9.57 Å². The van der Waals surface area contributed by atoms with Crippen molar-refractivity contribution in [2.75, 3.05) is 6.26 Å². The lowest BCUT2D eigenvalue weighted by atomic mass is 10.3. The summed E-state index contributed by atoms with van der Waals surface area (Å²) in [6.45, 7) is 1.95. The van der Waals surface area contributed by atoms with Crippen molar-refractivity contribution in [3.8, 4) is 5.75 Å². The highest BCUT2D eigenvalue weighted by atomic mass is 32.2. The van der Waals surface area contributed by atoms with Crippen molar-refractivity contribution >= 4 is 17.7 Å². The average molecular weight is 224 g/mol. The maximum Gasteiger partial charge on any atom is 0.235 e. The second-order valence-corrected chi connectivity index (χ2v) is 4.07. The van der Waals surface area contributed by atoms with Crippen LogP contribution in [0.4, 0.5) is 0 Å².